The Hall–Kier alpha value is -6.44. The molecule has 0 aromatic heterocycles. The highest BCUT2D eigenvalue weighted by atomic mass is 15.1. The van der Waals surface area contributed by atoms with Crippen LogP contribution in [0, 0.1) is 13.8 Å². The normalized spacial score (nSPS) is 12.9. The molecule has 294 valence electrons. The lowest BCUT2D eigenvalue weighted by atomic mass is 9.70. The highest BCUT2D eigenvalue weighted by Crippen LogP contribution is 2.58. The summed E-state index contributed by atoms with van der Waals surface area (Å²) in [6.07, 6.45) is 7.21. The van der Waals surface area contributed by atoms with Crippen LogP contribution >= 0.6 is 0 Å². The average Bonchev–Trinajstić information content (AvgIpc) is 3.57. The molecule has 1 aliphatic rings. The molecule has 9 aromatic carbocycles. The van der Waals surface area contributed by atoms with Crippen molar-refractivity contribution in [2.75, 3.05) is 4.90 Å². The molecule has 0 aliphatic heterocycles. The van der Waals surface area contributed by atoms with Gasteiger partial charge in [-0.25, -0.2) is 0 Å². The first-order valence-corrected chi connectivity index (χ1v) is 22.1. The second kappa shape index (κ2) is 15.6. The van der Waals surface area contributed by atoms with Crippen LogP contribution in [0.4, 0.5) is 17.1 Å². The number of unbranched alkanes of at least 4 members (excludes halogenated alkanes) is 2. The number of hydrogen-bond acceptors (Lipinski definition) is 1. The van der Waals surface area contributed by atoms with Gasteiger partial charge in [0.1, 0.15) is 0 Å². The average molecular weight is 776 g/mol. The predicted molar refractivity (Wildman–Crippen MR) is 259 cm³/mol. The Morgan fingerprint density at radius 3 is 1.45 bits per heavy atom. The Morgan fingerprint density at radius 2 is 0.867 bits per heavy atom. The van der Waals surface area contributed by atoms with Crippen LogP contribution in [0.1, 0.15) is 74.6 Å². The lowest BCUT2D eigenvalue weighted by molar-refractivity contribution is 0.414. The molecule has 0 saturated carbocycles. The van der Waals surface area contributed by atoms with Gasteiger partial charge in [0.15, 0.2) is 0 Å². The number of aryl methyl sites for hydroxylation is 2. The second-order valence-corrected chi connectivity index (χ2v) is 17.2. The summed E-state index contributed by atoms with van der Waals surface area (Å²) >= 11 is 0. The van der Waals surface area contributed by atoms with Crippen LogP contribution in [-0.4, -0.2) is 0 Å². The molecule has 1 aliphatic carbocycles. The molecule has 0 amide bonds. The van der Waals surface area contributed by atoms with Gasteiger partial charge in [0, 0.05) is 22.5 Å². The van der Waals surface area contributed by atoms with Gasteiger partial charge in [0.25, 0.3) is 0 Å². The zero-order valence-corrected chi connectivity index (χ0v) is 35.4. The van der Waals surface area contributed by atoms with Crippen LogP contribution in [0.3, 0.4) is 0 Å². The second-order valence-electron chi connectivity index (χ2n) is 17.2. The molecule has 60 heavy (non-hydrogen) atoms. The fraction of sp³-hybridized carbons (Fsp3) is 0.186. The topological polar surface area (TPSA) is 3.24 Å². The summed E-state index contributed by atoms with van der Waals surface area (Å²) in [5.41, 5.74) is 17.0. The zero-order chi connectivity index (χ0) is 40.8. The van der Waals surface area contributed by atoms with Crippen LogP contribution in [0.5, 0.6) is 0 Å². The Kier molecular flexibility index (Phi) is 9.85. The van der Waals surface area contributed by atoms with Crippen molar-refractivity contribution in [3.05, 3.63) is 198 Å². The molecule has 9 aromatic rings. The molecule has 0 spiro atoms. The minimum Gasteiger partial charge on any atom is -0.311 e. The molecular weight excluding hydrogens is 723 g/mol. The van der Waals surface area contributed by atoms with E-state index in [1.165, 1.54) is 126 Å². The van der Waals surface area contributed by atoms with Gasteiger partial charge in [0.05, 0.1) is 0 Å². The molecule has 0 bridgehead atoms. The predicted octanol–water partition coefficient (Wildman–Crippen LogP) is 17.2. The van der Waals surface area contributed by atoms with Crippen molar-refractivity contribution in [1.82, 2.24) is 0 Å². The number of anilines is 3. The summed E-state index contributed by atoms with van der Waals surface area (Å²) in [6, 6.07) is 66.6. The standard InChI is InChI=1S/C59H53N/c1-5-7-36-59(37-8-6-2)54-22-14-13-20-50(54)58-51(21-15-23-55(58)59)57-49-19-12-11-18-48(49)56(52-38-43-16-9-10-17-44(43)39-53(52)57)42-28-34-47(35-29-42)60(45-30-24-40(3)25-31-45)46-32-26-41(4)27-33-46/h9-35,38-39H,5-8,36-37H2,1-4H3. The molecule has 10 rings (SSSR count). The first-order chi connectivity index (χ1) is 29.5. The number of fused-ring (bicyclic) bond motifs is 6. The number of hydrogen-bond donors (Lipinski definition) is 0. The van der Waals surface area contributed by atoms with Crippen molar-refractivity contribution in [2.24, 2.45) is 0 Å². The maximum Gasteiger partial charge on any atom is 0.0462 e. The monoisotopic (exact) mass is 775 g/mol. The third-order valence-electron chi connectivity index (χ3n) is 13.4. The summed E-state index contributed by atoms with van der Waals surface area (Å²) in [7, 11) is 0. The van der Waals surface area contributed by atoms with Gasteiger partial charge in [0.2, 0.25) is 0 Å². The number of rotatable bonds is 11. The SMILES string of the molecule is CCCCC1(CCCC)c2ccccc2-c2c(-c3c4ccccc4c(-c4ccc(N(c5ccc(C)cc5)c5ccc(C)cc5)cc4)c4cc5ccccc5cc34)cccc21. The van der Waals surface area contributed by atoms with E-state index in [0.717, 1.165) is 17.1 Å². The summed E-state index contributed by atoms with van der Waals surface area (Å²) in [5, 5.41) is 7.70. The molecule has 0 radical (unpaired) electrons. The van der Waals surface area contributed by atoms with E-state index in [-0.39, 0.29) is 5.41 Å². The van der Waals surface area contributed by atoms with E-state index in [0.29, 0.717) is 0 Å². The molecule has 0 unspecified atom stereocenters. The molecule has 0 N–H and O–H groups in total. The highest BCUT2D eigenvalue weighted by Gasteiger charge is 2.43. The van der Waals surface area contributed by atoms with Crippen molar-refractivity contribution in [2.45, 2.75) is 71.6 Å². The molecule has 1 nitrogen and oxygen atoms in total. The van der Waals surface area contributed by atoms with E-state index in [1.807, 2.05) is 0 Å². The summed E-state index contributed by atoms with van der Waals surface area (Å²) in [4.78, 5) is 2.37. The van der Waals surface area contributed by atoms with Crippen LogP contribution in [0.15, 0.2) is 176 Å². The van der Waals surface area contributed by atoms with Gasteiger partial charge < -0.3 is 4.90 Å². The number of benzene rings is 9. The van der Waals surface area contributed by atoms with Crippen LogP contribution in [0.25, 0.3) is 65.7 Å². The van der Waals surface area contributed by atoms with E-state index in [2.05, 4.69) is 209 Å². The van der Waals surface area contributed by atoms with Gasteiger partial charge in [-0.05, 0) is 152 Å². The van der Waals surface area contributed by atoms with E-state index in [9.17, 15) is 0 Å². The summed E-state index contributed by atoms with van der Waals surface area (Å²) < 4.78 is 0. The third kappa shape index (κ3) is 6.31. The zero-order valence-electron chi connectivity index (χ0n) is 35.4. The van der Waals surface area contributed by atoms with Crippen LogP contribution in [-0.2, 0) is 5.41 Å². The van der Waals surface area contributed by atoms with Crippen LogP contribution < -0.4 is 4.90 Å². The summed E-state index contributed by atoms with van der Waals surface area (Å²) in [5.74, 6) is 0. The fourth-order valence-electron chi connectivity index (χ4n) is 10.4. The first kappa shape index (κ1) is 37.8. The lowest BCUT2D eigenvalue weighted by Crippen LogP contribution is -2.25. The third-order valence-corrected chi connectivity index (χ3v) is 13.4. The van der Waals surface area contributed by atoms with Gasteiger partial charge in [-0.15, -0.1) is 0 Å². The molecule has 0 saturated heterocycles. The van der Waals surface area contributed by atoms with Gasteiger partial charge in [-0.2, -0.15) is 0 Å². The van der Waals surface area contributed by atoms with Gasteiger partial charge in [-0.3, -0.25) is 0 Å². The van der Waals surface area contributed by atoms with E-state index >= 15 is 0 Å². The minimum atomic E-state index is 0.0268. The Morgan fingerprint density at radius 1 is 0.400 bits per heavy atom. The van der Waals surface area contributed by atoms with Crippen LogP contribution in [0.2, 0.25) is 0 Å². The number of nitrogens with zero attached hydrogens (tertiary/aromatic N) is 1. The Bertz CT molecular complexity index is 2950. The molecule has 0 atom stereocenters. The largest absolute Gasteiger partial charge is 0.311 e. The van der Waals surface area contributed by atoms with Gasteiger partial charge >= 0.3 is 0 Å². The van der Waals surface area contributed by atoms with Crippen molar-refractivity contribution < 1.29 is 0 Å². The maximum atomic E-state index is 2.47. The van der Waals surface area contributed by atoms with Gasteiger partial charge in [-0.1, -0.05) is 178 Å². The van der Waals surface area contributed by atoms with Crippen molar-refractivity contribution in [1.29, 1.82) is 0 Å². The first-order valence-electron chi connectivity index (χ1n) is 22.1. The van der Waals surface area contributed by atoms with E-state index in [4.69, 9.17) is 0 Å². The van der Waals surface area contributed by atoms with E-state index < -0.39 is 0 Å². The highest BCUT2D eigenvalue weighted by molar-refractivity contribution is 6.24. The van der Waals surface area contributed by atoms with Crippen molar-refractivity contribution >= 4 is 49.4 Å². The van der Waals surface area contributed by atoms with E-state index in [1.54, 1.807) is 0 Å². The van der Waals surface area contributed by atoms with Crippen molar-refractivity contribution in [3.63, 3.8) is 0 Å². The van der Waals surface area contributed by atoms with Crippen molar-refractivity contribution in [3.8, 4) is 33.4 Å². The smallest absolute Gasteiger partial charge is 0.0462 e. The summed E-state index contributed by atoms with van der Waals surface area (Å²) in [6.45, 7) is 8.98. The lowest BCUT2D eigenvalue weighted by Gasteiger charge is -2.32. The molecule has 0 heterocycles. The Balaban J connectivity index is 1.22. The minimum absolute atomic E-state index is 0.0268. The molecular formula is C59H53N. The molecule has 0 fully saturated rings. The Labute approximate surface area is 356 Å². The maximum absolute atomic E-state index is 2.47. The quantitative estimate of drug-likeness (QED) is 0.118. The fourth-order valence-corrected chi connectivity index (χ4v) is 10.4. The molecule has 1 heteroatoms.